The average molecular weight is 435 g/mol. The summed E-state index contributed by atoms with van der Waals surface area (Å²) in [5.74, 6) is -0.298. The molecule has 0 saturated heterocycles. The monoisotopic (exact) mass is 434 g/mol. The van der Waals surface area contributed by atoms with Crippen molar-refractivity contribution in [1.82, 2.24) is 4.31 Å². The molecule has 1 aliphatic carbocycles. The van der Waals surface area contributed by atoms with Crippen molar-refractivity contribution in [3.05, 3.63) is 47.5 Å². The van der Waals surface area contributed by atoms with Crippen LogP contribution in [0.2, 0.25) is 0 Å². The van der Waals surface area contributed by atoms with Crippen LogP contribution in [0.5, 0.6) is 5.75 Å². The Morgan fingerprint density at radius 3 is 2.55 bits per heavy atom. The molecule has 3 rings (SSSR count). The first-order valence-electron chi connectivity index (χ1n) is 9.72. The summed E-state index contributed by atoms with van der Waals surface area (Å²) in [6, 6.07) is 10.2. The average Bonchev–Trinajstić information content (AvgIpc) is 3.16. The Kier molecular flexibility index (Phi) is 6.87. The van der Waals surface area contributed by atoms with E-state index < -0.39 is 10.0 Å². The second-order valence-electron chi connectivity index (χ2n) is 6.89. The van der Waals surface area contributed by atoms with Gasteiger partial charge in [-0.05, 0) is 60.7 Å². The molecule has 0 fully saturated rings. The van der Waals surface area contributed by atoms with Gasteiger partial charge in [0.1, 0.15) is 5.75 Å². The third-order valence-corrected chi connectivity index (χ3v) is 8.06. The predicted octanol–water partition coefficient (Wildman–Crippen LogP) is 3.64. The summed E-state index contributed by atoms with van der Waals surface area (Å²) in [4.78, 5) is 13.4. The van der Waals surface area contributed by atoms with E-state index in [1.54, 1.807) is 13.8 Å². The lowest BCUT2D eigenvalue weighted by atomic mass is 10.1. The number of carbonyl (C=O) groups excluding carboxylic acids is 1. The number of phenolic OH excluding ortho intramolecular Hbond substituents is 1. The SMILES string of the molecule is CCN(CC)S(=O)(=O)c1ccc(O)c(NC(=O)CSc2ccc3c(c2)CCC3)c1. The number of amides is 1. The van der Waals surface area contributed by atoms with Crippen LogP contribution in [-0.4, -0.2) is 42.6 Å². The van der Waals surface area contributed by atoms with Crippen molar-refractivity contribution < 1.29 is 18.3 Å². The number of carbonyl (C=O) groups is 1. The Morgan fingerprint density at radius 2 is 1.83 bits per heavy atom. The van der Waals surface area contributed by atoms with Crippen LogP contribution in [0.4, 0.5) is 5.69 Å². The summed E-state index contributed by atoms with van der Waals surface area (Å²) >= 11 is 1.42. The van der Waals surface area contributed by atoms with E-state index in [4.69, 9.17) is 0 Å². The molecule has 0 aromatic heterocycles. The van der Waals surface area contributed by atoms with E-state index in [1.807, 2.05) is 6.07 Å². The molecule has 0 spiro atoms. The molecule has 0 saturated carbocycles. The van der Waals surface area contributed by atoms with Gasteiger partial charge in [0.25, 0.3) is 0 Å². The Balaban J connectivity index is 1.68. The minimum Gasteiger partial charge on any atom is -0.506 e. The number of thioether (sulfide) groups is 1. The highest BCUT2D eigenvalue weighted by Crippen LogP contribution is 2.30. The van der Waals surface area contributed by atoms with E-state index in [2.05, 4.69) is 17.4 Å². The fourth-order valence-electron chi connectivity index (χ4n) is 3.46. The van der Waals surface area contributed by atoms with E-state index in [0.717, 1.165) is 17.7 Å². The zero-order valence-electron chi connectivity index (χ0n) is 16.6. The molecule has 0 atom stereocenters. The van der Waals surface area contributed by atoms with Crippen LogP contribution >= 0.6 is 11.8 Å². The molecule has 2 aromatic rings. The van der Waals surface area contributed by atoms with Gasteiger partial charge in [-0.15, -0.1) is 11.8 Å². The van der Waals surface area contributed by atoms with Crippen LogP contribution in [0.1, 0.15) is 31.4 Å². The standard InChI is InChI=1S/C21H26N2O4S2/c1-3-23(4-2)29(26,27)18-10-11-20(24)19(13-18)22-21(25)14-28-17-9-8-15-6-5-7-16(15)12-17/h8-13,24H,3-7,14H2,1-2H3,(H,22,25). The molecule has 2 aromatic carbocycles. The van der Waals surface area contributed by atoms with Crippen molar-refractivity contribution in [2.24, 2.45) is 0 Å². The minimum atomic E-state index is -3.67. The molecule has 6 nitrogen and oxygen atoms in total. The maximum Gasteiger partial charge on any atom is 0.243 e. The first kappa shape index (κ1) is 21.7. The van der Waals surface area contributed by atoms with E-state index in [0.29, 0.717) is 13.1 Å². The summed E-state index contributed by atoms with van der Waals surface area (Å²) in [7, 11) is -3.67. The molecule has 0 heterocycles. The molecule has 0 bridgehead atoms. The number of sulfonamides is 1. The van der Waals surface area contributed by atoms with Gasteiger partial charge in [-0.25, -0.2) is 8.42 Å². The zero-order valence-corrected chi connectivity index (χ0v) is 18.3. The van der Waals surface area contributed by atoms with Crippen molar-refractivity contribution in [2.45, 2.75) is 42.9 Å². The Labute approximate surface area is 176 Å². The third kappa shape index (κ3) is 4.94. The second kappa shape index (κ2) is 9.19. The van der Waals surface area contributed by atoms with Crippen molar-refractivity contribution >= 4 is 33.4 Å². The number of aryl methyl sites for hydroxylation is 2. The van der Waals surface area contributed by atoms with Gasteiger partial charge < -0.3 is 10.4 Å². The zero-order chi connectivity index (χ0) is 21.0. The minimum absolute atomic E-state index is 0.0422. The number of benzene rings is 2. The topological polar surface area (TPSA) is 86.7 Å². The second-order valence-corrected chi connectivity index (χ2v) is 9.88. The fraction of sp³-hybridized carbons (Fsp3) is 0.381. The van der Waals surface area contributed by atoms with E-state index in [1.165, 1.54) is 51.8 Å². The highest BCUT2D eigenvalue weighted by Gasteiger charge is 2.23. The summed E-state index contributed by atoms with van der Waals surface area (Å²) < 4.78 is 26.7. The molecule has 1 amide bonds. The summed E-state index contributed by atoms with van der Waals surface area (Å²) in [5.41, 5.74) is 2.83. The molecular weight excluding hydrogens is 408 g/mol. The van der Waals surface area contributed by atoms with Gasteiger partial charge in [0.2, 0.25) is 15.9 Å². The third-order valence-electron chi connectivity index (χ3n) is 5.03. The van der Waals surface area contributed by atoms with Crippen LogP contribution in [0, 0.1) is 0 Å². The van der Waals surface area contributed by atoms with Gasteiger partial charge in [0, 0.05) is 18.0 Å². The van der Waals surface area contributed by atoms with Crippen molar-refractivity contribution in [3.63, 3.8) is 0 Å². The number of rotatable bonds is 8. The molecule has 29 heavy (non-hydrogen) atoms. The largest absolute Gasteiger partial charge is 0.506 e. The van der Waals surface area contributed by atoms with E-state index >= 15 is 0 Å². The molecular formula is C21H26N2O4S2. The fourth-order valence-corrected chi connectivity index (χ4v) is 5.71. The van der Waals surface area contributed by atoms with Gasteiger partial charge in [0.05, 0.1) is 16.3 Å². The van der Waals surface area contributed by atoms with E-state index in [9.17, 15) is 18.3 Å². The first-order valence-corrected chi connectivity index (χ1v) is 12.1. The summed E-state index contributed by atoms with van der Waals surface area (Å²) in [6.45, 7) is 4.22. The Morgan fingerprint density at radius 1 is 1.10 bits per heavy atom. The first-order chi connectivity index (χ1) is 13.8. The highest BCUT2D eigenvalue weighted by atomic mass is 32.2. The van der Waals surface area contributed by atoms with E-state index in [-0.39, 0.29) is 28.0 Å². The lowest BCUT2D eigenvalue weighted by Gasteiger charge is -2.19. The Bertz CT molecular complexity index is 1000. The van der Waals surface area contributed by atoms with Crippen LogP contribution < -0.4 is 5.32 Å². The van der Waals surface area contributed by atoms with Crippen LogP contribution in [0.25, 0.3) is 0 Å². The van der Waals surface area contributed by atoms with Crippen molar-refractivity contribution in [1.29, 1.82) is 0 Å². The maximum atomic E-state index is 12.7. The van der Waals surface area contributed by atoms with Gasteiger partial charge in [-0.1, -0.05) is 19.9 Å². The summed E-state index contributed by atoms with van der Waals surface area (Å²) in [6.07, 6.45) is 3.38. The molecule has 1 aliphatic rings. The van der Waals surface area contributed by atoms with Gasteiger partial charge >= 0.3 is 0 Å². The number of fused-ring (bicyclic) bond motifs is 1. The predicted molar refractivity (Wildman–Crippen MR) is 116 cm³/mol. The molecule has 156 valence electrons. The number of anilines is 1. The lowest BCUT2D eigenvalue weighted by Crippen LogP contribution is -2.30. The molecule has 0 aliphatic heterocycles. The number of hydrogen-bond acceptors (Lipinski definition) is 5. The van der Waals surface area contributed by atoms with Crippen LogP contribution in [0.3, 0.4) is 0 Å². The van der Waals surface area contributed by atoms with Gasteiger partial charge in [-0.2, -0.15) is 4.31 Å². The van der Waals surface area contributed by atoms with Gasteiger partial charge in [0.15, 0.2) is 0 Å². The molecule has 2 N–H and O–H groups in total. The summed E-state index contributed by atoms with van der Waals surface area (Å²) in [5, 5.41) is 12.7. The maximum absolute atomic E-state index is 12.7. The molecule has 0 radical (unpaired) electrons. The van der Waals surface area contributed by atoms with Crippen molar-refractivity contribution in [2.75, 3.05) is 24.2 Å². The molecule has 8 heteroatoms. The quantitative estimate of drug-likeness (QED) is 0.489. The number of phenols is 1. The van der Waals surface area contributed by atoms with Crippen molar-refractivity contribution in [3.8, 4) is 5.75 Å². The number of aromatic hydroxyl groups is 1. The number of hydrogen-bond donors (Lipinski definition) is 2. The van der Waals surface area contributed by atoms with Gasteiger partial charge in [-0.3, -0.25) is 4.79 Å². The smallest absolute Gasteiger partial charge is 0.243 e. The van der Waals surface area contributed by atoms with Crippen LogP contribution in [0.15, 0.2) is 46.2 Å². The van der Waals surface area contributed by atoms with Crippen LogP contribution in [-0.2, 0) is 27.7 Å². The molecule has 0 unspecified atom stereocenters. The number of nitrogens with one attached hydrogen (secondary N) is 1. The highest BCUT2D eigenvalue weighted by molar-refractivity contribution is 8.00. The Hall–Kier alpha value is -2.03. The number of nitrogens with zero attached hydrogens (tertiary/aromatic N) is 1. The normalized spacial score (nSPS) is 13.5. The lowest BCUT2D eigenvalue weighted by molar-refractivity contribution is -0.113.